The van der Waals surface area contributed by atoms with Gasteiger partial charge in [-0.1, -0.05) is 18.3 Å². The molecule has 0 atom stereocenters. The van der Waals surface area contributed by atoms with Crippen LogP contribution in [-0.2, 0) is 21.1 Å². The van der Waals surface area contributed by atoms with Crippen molar-refractivity contribution < 1.29 is 13.2 Å². The highest BCUT2D eigenvalue weighted by molar-refractivity contribution is 7.92. The lowest BCUT2D eigenvalue weighted by atomic mass is 10.5. The van der Waals surface area contributed by atoms with Gasteiger partial charge in [0.15, 0.2) is 9.84 Å². The molecule has 0 aromatic carbocycles. The van der Waals surface area contributed by atoms with Gasteiger partial charge < -0.3 is 0 Å². The van der Waals surface area contributed by atoms with Gasteiger partial charge in [0.05, 0.1) is 6.07 Å². The van der Waals surface area contributed by atoms with E-state index in [0.29, 0.717) is 6.42 Å². The lowest BCUT2D eigenvalue weighted by Crippen LogP contribution is -2.24. The van der Waals surface area contributed by atoms with Gasteiger partial charge >= 0.3 is 0 Å². The van der Waals surface area contributed by atoms with Crippen LogP contribution in [-0.4, -0.2) is 36.0 Å². The number of hydrogen-bond donors (Lipinski definition) is 1. The van der Waals surface area contributed by atoms with E-state index >= 15 is 0 Å². The molecule has 0 spiro atoms. The molecule has 1 amide bonds. The minimum Gasteiger partial charge on any atom is -0.300 e. The molecule has 0 saturated heterocycles. The first-order valence-corrected chi connectivity index (χ1v) is 7.30. The first-order chi connectivity index (χ1) is 7.96. The quantitative estimate of drug-likeness (QED) is 0.807. The van der Waals surface area contributed by atoms with E-state index in [9.17, 15) is 13.2 Å². The lowest BCUT2D eigenvalue weighted by Gasteiger charge is -1.99. The highest BCUT2D eigenvalue weighted by atomic mass is 32.2. The number of aryl methyl sites for hydroxylation is 1. The Morgan fingerprint density at radius 2 is 2.24 bits per heavy atom. The highest BCUT2D eigenvalue weighted by Crippen LogP contribution is 2.15. The predicted molar refractivity (Wildman–Crippen MR) is 62.2 cm³/mol. The Balaban J connectivity index is 2.59. The number of carbonyl (C=O) groups excluding carboxylic acids is 1. The number of nitrogens with zero attached hydrogens (tertiary/aromatic N) is 3. The van der Waals surface area contributed by atoms with Gasteiger partial charge in [-0.25, -0.2) is 8.42 Å². The van der Waals surface area contributed by atoms with Crippen molar-refractivity contribution in [2.24, 2.45) is 0 Å². The van der Waals surface area contributed by atoms with E-state index in [0.717, 1.165) is 5.01 Å². The van der Waals surface area contributed by atoms with E-state index in [2.05, 4.69) is 15.5 Å². The first kappa shape index (κ1) is 13.5. The molecule has 1 aromatic rings. The number of nitrogens with one attached hydrogen (secondary N) is 1. The third kappa shape index (κ3) is 4.46. The molecule has 9 heteroatoms. The van der Waals surface area contributed by atoms with E-state index in [4.69, 9.17) is 5.26 Å². The van der Waals surface area contributed by atoms with Crippen LogP contribution >= 0.6 is 11.3 Å². The Hall–Kier alpha value is -1.53. The summed E-state index contributed by atoms with van der Waals surface area (Å²) in [7, 11) is -3.67. The van der Waals surface area contributed by atoms with E-state index in [1.807, 2.05) is 6.92 Å². The van der Waals surface area contributed by atoms with Crippen molar-refractivity contribution in [1.29, 1.82) is 5.26 Å². The van der Waals surface area contributed by atoms with Crippen molar-refractivity contribution in [3.63, 3.8) is 0 Å². The summed E-state index contributed by atoms with van der Waals surface area (Å²) in [6.07, 6.45) is 0.695. The van der Waals surface area contributed by atoms with Crippen LogP contribution in [0.2, 0.25) is 0 Å². The van der Waals surface area contributed by atoms with E-state index in [1.54, 1.807) is 0 Å². The van der Waals surface area contributed by atoms with Crippen molar-refractivity contribution in [2.75, 3.05) is 16.8 Å². The van der Waals surface area contributed by atoms with Crippen molar-refractivity contribution in [3.8, 4) is 6.07 Å². The van der Waals surface area contributed by atoms with E-state index in [-0.39, 0.29) is 5.13 Å². The molecule has 0 saturated carbocycles. The molecule has 0 aliphatic rings. The van der Waals surface area contributed by atoms with Gasteiger partial charge in [-0.2, -0.15) is 5.26 Å². The lowest BCUT2D eigenvalue weighted by molar-refractivity contribution is -0.113. The molecule has 0 aliphatic carbocycles. The SMILES string of the molecule is CCc1nnc(NC(=O)CS(=O)(=O)CC#N)s1. The summed E-state index contributed by atoms with van der Waals surface area (Å²) >= 11 is 1.19. The Bertz CT molecular complexity index is 543. The maximum atomic E-state index is 11.3. The van der Waals surface area contributed by atoms with Gasteiger partial charge in [0.1, 0.15) is 16.5 Å². The van der Waals surface area contributed by atoms with Crippen molar-refractivity contribution in [1.82, 2.24) is 10.2 Å². The Morgan fingerprint density at radius 3 is 2.76 bits per heavy atom. The molecular formula is C8H10N4O3S2. The van der Waals surface area contributed by atoms with Crippen LogP contribution in [0, 0.1) is 11.3 Å². The van der Waals surface area contributed by atoms with Crippen LogP contribution in [0.4, 0.5) is 5.13 Å². The van der Waals surface area contributed by atoms with Gasteiger partial charge in [-0.3, -0.25) is 10.1 Å². The Labute approximate surface area is 102 Å². The summed E-state index contributed by atoms with van der Waals surface area (Å²) in [4.78, 5) is 11.3. The number of sulfone groups is 1. The number of nitriles is 1. The highest BCUT2D eigenvalue weighted by Gasteiger charge is 2.17. The summed E-state index contributed by atoms with van der Waals surface area (Å²) in [5.41, 5.74) is 0. The Morgan fingerprint density at radius 1 is 1.53 bits per heavy atom. The molecule has 92 valence electrons. The minimum atomic E-state index is -3.67. The summed E-state index contributed by atoms with van der Waals surface area (Å²) in [5, 5.41) is 19.1. The number of anilines is 1. The first-order valence-electron chi connectivity index (χ1n) is 4.66. The number of carbonyl (C=O) groups is 1. The largest absolute Gasteiger partial charge is 0.300 e. The normalized spacial score (nSPS) is 10.8. The second kappa shape index (κ2) is 5.70. The fourth-order valence-corrected chi connectivity index (χ4v) is 2.42. The number of rotatable bonds is 5. The second-order valence-corrected chi connectivity index (χ2v) is 6.22. The van der Waals surface area contributed by atoms with E-state index in [1.165, 1.54) is 17.4 Å². The molecule has 0 aliphatic heterocycles. The summed E-state index contributed by atoms with van der Waals surface area (Å²) in [5.74, 6) is -2.10. The minimum absolute atomic E-state index is 0.263. The smallest absolute Gasteiger partial charge is 0.241 e. The molecule has 17 heavy (non-hydrogen) atoms. The molecule has 0 unspecified atom stereocenters. The predicted octanol–water partition coefficient (Wildman–Crippen LogP) is -0.0226. The molecule has 7 nitrogen and oxygen atoms in total. The summed E-state index contributed by atoms with van der Waals surface area (Å²) in [6.45, 7) is 1.89. The van der Waals surface area contributed by atoms with Crippen LogP contribution in [0.1, 0.15) is 11.9 Å². The van der Waals surface area contributed by atoms with Crippen LogP contribution in [0.3, 0.4) is 0 Å². The maximum Gasteiger partial charge on any atom is 0.241 e. The average molecular weight is 274 g/mol. The monoisotopic (exact) mass is 274 g/mol. The summed E-state index contributed by atoms with van der Waals surface area (Å²) in [6, 6.07) is 1.50. The zero-order valence-electron chi connectivity index (χ0n) is 9.00. The zero-order chi connectivity index (χ0) is 12.9. The fraction of sp³-hybridized carbons (Fsp3) is 0.500. The standard InChI is InChI=1S/C8H10N4O3S2/c1-2-7-11-12-8(16-7)10-6(13)5-17(14,15)4-3-9/h2,4-5H2,1H3,(H,10,12,13). The van der Waals surface area contributed by atoms with E-state index < -0.39 is 27.3 Å². The maximum absolute atomic E-state index is 11.3. The number of amides is 1. The molecule has 0 bridgehead atoms. The molecule has 1 N–H and O–H groups in total. The molecule has 0 fully saturated rings. The van der Waals surface area contributed by atoms with Crippen LogP contribution < -0.4 is 5.32 Å². The molecular weight excluding hydrogens is 264 g/mol. The third-order valence-electron chi connectivity index (χ3n) is 1.65. The van der Waals surface area contributed by atoms with Crippen molar-refractivity contribution >= 4 is 32.2 Å². The van der Waals surface area contributed by atoms with Crippen LogP contribution in [0.25, 0.3) is 0 Å². The van der Waals surface area contributed by atoms with Gasteiger partial charge in [-0.05, 0) is 6.42 Å². The molecule has 1 rings (SSSR count). The fourth-order valence-electron chi connectivity index (χ4n) is 0.951. The number of hydrogen-bond acceptors (Lipinski definition) is 7. The zero-order valence-corrected chi connectivity index (χ0v) is 10.6. The summed E-state index contributed by atoms with van der Waals surface area (Å²) < 4.78 is 22.4. The topological polar surface area (TPSA) is 113 Å². The van der Waals surface area contributed by atoms with Gasteiger partial charge in [-0.15, -0.1) is 10.2 Å². The second-order valence-electron chi connectivity index (χ2n) is 3.09. The van der Waals surface area contributed by atoms with Crippen molar-refractivity contribution in [3.05, 3.63) is 5.01 Å². The number of aromatic nitrogens is 2. The third-order valence-corrected chi connectivity index (χ3v) is 3.91. The van der Waals surface area contributed by atoms with Crippen molar-refractivity contribution in [2.45, 2.75) is 13.3 Å². The molecule has 0 radical (unpaired) electrons. The van der Waals surface area contributed by atoms with Crippen LogP contribution in [0.15, 0.2) is 0 Å². The average Bonchev–Trinajstić information content (AvgIpc) is 2.64. The molecule has 1 aromatic heterocycles. The molecule has 1 heterocycles. The Kier molecular flexibility index (Phi) is 4.53. The van der Waals surface area contributed by atoms with Gasteiger partial charge in [0.25, 0.3) is 0 Å². The van der Waals surface area contributed by atoms with Crippen LogP contribution in [0.5, 0.6) is 0 Å². The van der Waals surface area contributed by atoms with Gasteiger partial charge in [0.2, 0.25) is 11.0 Å². The van der Waals surface area contributed by atoms with Gasteiger partial charge in [0, 0.05) is 0 Å².